The van der Waals surface area contributed by atoms with Gasteiger partial charge >= 0.3 is 0 Å². The molecule has 0 aliphatic rings. The summed E-state index contributed by atoms with van der Waals surface area (Å²) in [6, 6.07) is 21.5. The number of fused-ring (bicyclic) bond motifs is 3. The van der Waals surface area contributed by atoms with Crippen LogP contribution >= 0.6 is 24.8 Å². The van der Waals surface area contributed by atoms with Crippen LogP contribution in [0.15, 0.2) is 66.9 Å². The quantitative estimate of drug-likeness (QED) is 0.500. The molecule has 0 amide bonds. The number of nitrogens with one attached hydrogen (secondary N) is 1. The van der Waals surface area contributed by atoms with Crippen LogP contribution in [0.25, 0.3) is 21.8 Å². The minimum absolute atomic E-state index is 0. The first-order valence-electron chi connectivity index (χ1n) is 8.47. The molecule has 2 aromatic carbocycles. The fraction of sp³-hybridized carbons (Fsp3) is 0.190. The van der Waals surface area contributed by atoms with Crippen LogP contribution in [0.2, 0.25) is 0 Å². The van der Waals surface area contributed by atoms with Crippen molar-refractivity contribution >= 4 is 46.6 Å². The van der Waals surface area contributed by atoms with Gasteiger partial charge in [-0.15, -0.1) is 24.8 Å². The summed E-state index contributed by atoms with van der Waals surface area (Å²) >= 11 is 0. The molecule has 0 radical (unpaired) electrons. The second-order valence-electron chi connectivity index (χ2n) is 6.04. The SMILES string of the molecule is CCn1c2ccccc2c2cc(CNCc3ccccn3)ccc21.Cl.Cl. The van der Waals surface area contributed by atoms with Crippen molar-refractivity contribution in [3.05, 3.63) is 78.1 Å². The maximum Gasteiger partial charge on any atom is 0.0541 e. The van der Waals surface area contributed by atoms with Gasteiger partial charge in [-0.05, 0) is 42.8 Å². The lowest BCUT2D eigenvalue weighted by atomic mass is 10.1. The van der Waals surface area contributed by atoms with E-state index in [1.165, 1.54) is 27.4 Å². The van der Waals surface area contributed by atoms with Crippen LogP contribution < -0.4 is 5.32 Å². The lowest BCUT2D eigenvalue weighted by molar-refractivity contribution is 0.680. The van der Waals surface area contributed by atoms with Gasteiger partial charge in [-0.3, -0.25) is 4.98 Å². The molecule has 0 unspecified atom stereocenters. The zero-order valence-electron chi connectivity index (χ0n) is 14.7. The molecule has 0 fully saturated rings. The van der Waals surface area contributed by atoms with Gasteiger partial charge in [0, 0.05) is 47.6 Å². The summed E-state index contributed by atoms with van der Waals surface area (Å²) in [5.41, 5.74) is 5.00. The van der Waals surface area contributed by atoms with Crippen LogP contribution in [0.3, 0.4) is 0 Å². The Labute approximate surface area is 166 Å². The van der Waals surface area contributed by atoms with Crippen molar-refractivity contribution in [2.24, 2.45) is 0 Å². The molecule has 136 valence electrons. The topological polar surface area (TPSA) is 29.9 Å². The average molecular weight is 388 g/mol. The van der Waals surface area contributed by atoms with E-state index < -0.39 is 0 Å². The van der Waals surface area contributed by atoms with E-state index in [9.17, 15) is 0 Å². The lowest BCUT2D eigenvalue weighted by Crippen LogP contribution is -2.13. The first-order valence-corrected chi connectivity index (χ1v) is 8.47. The van der Waals surface area contributed by atoms with Gasteiger partial charge in [0.2, 0.25) is 0 Å². The van der Waals surface area contributed by atoms with Crippen LogP contribution in [0, 0.1) is 0 Å². The van der Waals surface area contributed by atoms with Gasteiger partial charge in [-0.25, -0.2) is 0 Å². The number of para-hydroxylation sites is 1. The number of hydrogen-bond acceptors (Lipinski definition) is 2. The van der Waals surface area contributed by atoms with Crippen LogP contribution in [0.1, 0.15) is 18.2 Å². The Hall–Kier alpha value is -2.07. The Morgan fingerprint density at radius 2 is 1.62 bits per heavy atom. The highest BCUT2D eigenvalue weighted by Gasteiger charge is 2.09. The van der Waals surface area contributed by atoms with E-state index in [1.54, 1.807) is 0 Å². The van der Waals surface area contributed by atoms with Gasteiger partial charge in [0.15, 0.2) is 0 Å². The highest BCUT2D eigenvalue weighted by molar-refractivity contribution is 6.08. The van der Waals surface area contributed by atoms with Crippen molar-refractivity contribution < 1.29 is 0 Å². The molecule has 26 heavy (non-hydrogen) atoms. The second-order valence-corrected chi connectivity index (χ2v) is 6.04. The van der Waals surface area contributed by atoms with Crippen LogP contribution in [-0.4, -0.2) is 9.55 Å². The molecule has 0 spiro atoms. The Bertz CT molecular complexity index is 981. The monoisotopic (exact) mass is 387 g/mol. The molecule has 0 saturated heterocycles. The molecule has 0 atom stereocenters. The molecule has 4 aromatic rings. The third-order valence-electron chi connectivity index (χ3n) is 4.51. The summed E-state index contributed by atoms with van der Waals surface area (Å²) in [6.07, 6.45) is 1.84. The van der Waals surface area contributed by atoms with Crippen LogP contribution in [-0.2, 0) is 19.6 Å². The Kier molecular flexibility index (Phi) is 7.04. The van der Waals surface area contributed by atoms with Gasteiger partial charge in [-0.2, -0.15) is 0 Å². The molecule has 0 saturated carbocycles. The summed E-state index contributed by atoms with van der Waals surface area (Å²) in [5.74, 6) is 0. The predicted octanol–water partition coefficient (Wildman–Crippen LogP) is 5.34. The highest BCUT2D eigenvalue weighted by Crippen LogP contribution is 2.29. The van der Waals surface area contributed by atoms with E-state index in [0.29, 0.717) is 0 Å². The third-order valence-corrected chi connectivity index (χ3v) is 4.51. The normalized spacial score (nSPS) is 10.5. The maximum atomic E-state index is 4.35. The molecule has 2 aromatic heterocycles. The Balaban J connectivity index is 0.00000121. The number of hydrogen-bond donors (Lipinski definition) is 1. The second kappa shape index (κ2) is 9.04. The van der Waals surface area contributed by atoms with Crippen molar-refractivity contribution in [1.29, 1.82) is 0 Å². The number of halogens is 2. The molecule has 2 heterocycles. The van der Waals surface area contributed by atoms with Crippen molar-refractivity contribution in [2.45, 2.75) is 26.6 Å². The van der Waals surface area contributed by atoms with Gasteiger partial charge in [0.05, 0.1) is 5.69 Å². The highest BCUT2D eigenvalue weighted by atomic mass is 35.5. The Morgan fingerprint density at radius 3 is 2.38 bits per heavy atom. The average Bonchev–Trinajstić information content (AvgIpc) is 2.96. The minimum Gasteiger partial charge on any atom is -0.341 e. The van der Waals surface area contributed by atoms with Gasteiger partial charge < -0.3 is 9.88 Å². The first kappa shape index (κ1) is 20.2. The van der Waals surface area contributed by atoms with Crippen molar-refractivity contribution in [1.82, 2.24) is 14.9 Å². The number of benzene rings is 2. The van der Waals surface area contributed by atoms with E-state index in [1.807, 2.05) is 24.4 Å². The van der Waals surface area contributed by atoms with Crippen LogP contribution in [0.5, 0.6) is 0 Å². The van der Waals surface area contributed by atoms with Gasteiger partial charge in [0.25, 0.3) is 0 Å². The maximum absolute atomic E-state index is 4.35. The fourth-order valence-electron chi connectivity index (χ4n) is 3.39. The number of nitrogens with zero attached hydrogens (tertiary/aromatic N) is 2. The van der Waals surface area contributed by atoms with E-state index in [2.05, 4.69) is 64.3 Å². The van der Waals surface area contributed by atoms with Crippen molar-refractivity contribution in [2.75, 3.05) is 0 Å². The fourth-order valence-corrected chi connectivity index (χ4v) is 3.39. The molecule has 0 bridgehead atoms. The number of rotatable bonds is 5. The third kappa shape index (κ3) is 3.85. The molecule has 0 aliphatic heterocycles. The Morgan fingerprint density at radius 1 is 0.846 bits per heavy atom. The molecule has 5 heteroatoms. The molecule has 0 aliphatic carbocycles. The summed E-state index contributed by atoms with van der Waals surface area (Å²) in [5, 5.41) is 6.15. The molecule has 1 N–H and O–H groups in total. The standard InChI is InChI=1S/C21H21N3.2ClH/c1-2-24-20-9-4-3-8-18(20)19-13-16(10-11-21(19)24)14-22-15-17-7-5-6-12-23-17;;/h3-13,22H,2,14-15H2,1H3;2*1H. The predicted molar refractivity (Wildman–Crippen MR) is 114 cm³/mol. The number of aryl methyl sites for hydroxylation is 1. The van der Waals surface area contributed by atoms with E-state index in [4.69, 9.17) is 0 Å². The van der Waals surface area contributed by atoms with Crippen LogP contribution in [0.4, 0.5) is 0 Å². The summed E-state index contributed by atoms with van der Waals surface area (Å²) in [4.78, 5) is 4.35. The summed E-state index contributed by atoms with van der Waals surface area (Å²) in [7, 11) is 0. The van der Waals surface area contributed by atoms with Gasteiger partial charge in [0.1, 0.15) is 0 Å². The van der Waals surface area contributed by atoms with E-state index in [0.717, 1.165) is 25.3 Å². The minimum atomic E-state index is 0. The lowest BCUT2D eigenvalue weighted by Gasteiger charge is -2.06. The van der Waals surface area contributed by atoms with Crippen molar-refractivity contribution in [3.63, 3.8) is 0 Å². The van der Waals surface area contributed by atoms with E-state index in [-0.39, 0.29) is 24.8 Å². The molecule has 4 rings (SSSR count). The largest absolute Gasteiger partial charge is 0.341 e. The molecular formula is C21H23Cl2N3. The summed E-state index contributed by atoms with van der Waals surface area (Å²) < 4.78 is 2.38. The molecular weight excluding hydrogens is 365 g/mol. The van der Waals surface area contributed by atoms with Gasteiger partial charge in [-0.1, -0.05) is 30.3 Å². The zero-order chi connectivity index (χ0) is 16.4. The van der Waals surface area contributed by atoms with E-state index >= 15 is 0 Å². The van der Waals surface area contributed by atoms with Crippen molar-refractivity contribution in [3.8, 4) is 0 Å². The smallest absolute Gasteiger partial charge is 0.0541 e. The zero-order valence-corrected chi connectivity index (χ0v) is 16.3. The number of aromatic nitrogens is 2. The number of pyridine rings is 1. The first-order chi connectivity index (χ1) is 11.9. The molecule has 3 nitrogen and oxygen atoms in total. The summed E-state index contributed by atoms with van der Waals surface area (Å²) in [6.45, 7) is 4.82.